The number of aryl methyl sites for hydroxylation is 1. The second-order valence-corrected chi connectivity index (χ2v) is 11.4. The molecule has 41 heavy (non-hydrogen) atoms. The summed E-state index contributed by atoms with van der Waals surface area (Å²) in [6, 6.07) is 13.6. The van der Waals surface area contributed by atoms with Crippen molar-refractivity contribution in [3.8, 4) is 11.5 Å². The van der Waals surface area contributed by atoms with E-state index in [1.807, 2.05) is 0 Å². The fraction of sp³-hybridized carbons (Fsp3) is 0.115. The number of thioether (sulfide) groups is 1. The fourth-order valence-electron chi connectivity index (χ4n) is 3.61. The topological polar surface area (TPSA) is 162 Å². The second kappa shape index (κ2) is 12.0. The van der Waals surface area contributed by atoms with Crippen LogP contribution < -0.4 is 14.2 Å². The highest BCUT2D eigenvalue weighted by Crippen LogP contribution is 2.33. The van der Waals surface area contributed by atoms with Crippen LogP contribution in [-0.2, 0) is 19.7 Å². The molecule has 1 aliphatic heterocycles. The zero-order valence-electron chi connectivity index (χ0n) is 21.3. The van der Waals surface area contributed by atoms with Crippen molar-refractivity contribution in [3.63, 3.8) is 0 Å². The fourth-order valence-corrected chi connectivity index (χ4v) is 5.66. The van der Waals surface area contributed by atoms with Crippen molar-refractivity contribution in [3.05, 3.63) is 91.8 Å². The van der Waals surface area contributed by atoms with Crippen LogP contribution in [0.4, 0.5) is 16.2 Å². The number of methoxy groups -OCH3 is 1. The van der Waals surface area contributed by atoms with E-state index >= 15 is 0 Å². The number of ether oxygens (including phenoxy) is 1. The van der Waals surface area contributed by atoms with E-state index in [-0.39, 0.29) is 26.3 Å². The number of rotatable bonds is 9. The third-order valence-corrected chi connectivity index (χ3v) is 8.11. The lowest BCUT2D eigenvalue weighted by Crippen LogP contribution is -2.36. The van der Waals surface area contributed by atoms with Crippen molar-refractivity contribution in [2.45, 2.75) is 11.8 Å². The Morgan fingerprint density at radius 3 is 2.46 bits per heavy atom. The first-order chi connectivity index (χ1) is 19.4. The van der Waals surface area contributed by atoms with Crippen LogP contribution in [-0.4, -0.2) is 48.9 Å². The molecule has 12 nitrogen and oxygen atoms in total. The van der Waals surface area contributed by atoms with Gasteiger partial charge < -0.3 is 14.2 Å². The van der Waals surface area contributed by atoms with E-state index in [4.69, 9.17) is 20.5 Å². The van der Waals surface area contributed by atoms with Gasteiger partial charge in [0, 0.05) is 17.3 Å². The lowest BCUT2D eigenvalue weighted by atomic mass is 10.2. The molecule has 3 aromatic rings. The van der Waals surface area contributed by atoms with Gasteiger partial charge in [-0.2, -0.15) is 8.42 Å². The zero-order valence-corrected chi connectivity index (χ0v) is 23.7. The standard InChI is InChI=1S/C26H20ClN3O9S2/c1-15-3-9-19(13-21(15)30(34)35)41(36,37)39-18-7-4-16(5-8-18)11-23-25(32)29(26(33)40-23)14-24(31)28-17-6-10-22(38-2)20(27)12-17/h3-13H,14H2,1-2H3,(H,28,31)/b23-11-. The minimum atomic E-state index is -4.37. The van der Waals surface area contributed by atoms with E-state index < -0.39 is 38.6 Å². The number of hydrogen-bond donors (Lipinski definition) is 1. The molecule has 0 saturated carbocycles. The van der Waals surface area contributed by atoms with Crippen LogP contribution in [0.25, 0.3) is 6.08 Å². The van der Waals surface area contributed by atoms with E-state index in [1.165, 1.54) is 62.6 Å². The summed E-state index contributed by atoms with van der Waals surface area (Å²) in [5.41, 5.74) is 0.740. The van der Waals surface area contributed by atoms with Gasteiger partial charge >= 0.3 is 10.1 Å². The Balaban J connectivity index is 1.42. The maximum absolute atomic E-state index is 12.8. The van der Waals surface area contributed by atoms with Gasteiger partial charge in [-0.3, -0.25) is 29.4 Å². The summed E-state index contributed by atoms with van der Waals surface area (Å²) in [7, 11) is -2.92. The van der Waals surface area contributed by atoms with Crippen LogP contribution in [0, 0.1) is 17.0 Å². The summed E-state index contributed by atoms with van der Waals surface area (Å²) in [6.45, 7) is 0.962. The Kier molecular flexibility index (Phi) is 8.66. The van der Waals surface area contributed by atoms with Gasteiger partial charge in [-0.1, -0.05) is 29.8 Å². The summed E-state index contributed by atoms with van der Waals surface area (Å²) in [4.78, 5) is 48.6. The molecule has 0 bridgehead atoms. The van der Waals surface area contributed by atoms with Crippen molar-refractivity contribution in [1.82, 2.24) is 4.90 Å². The van der Waals surface area contributed by atoms with E-state index in [9.17, 15) is 32.9 Å². The predicted octanol–water partition coefficient (Wildman–Crippen LogP) is 5.01. The van der Waals surface area contributed by atoms with Crippen molar-refractivity contribution in [2.24, 2.45) is 0 Å². The Morgan fingerprint density at radius 2 is 1.83 bits per heavy atom. The summed E-state index contributed by atoms with van der Waals surface area (Å²) in [6.07, 6.45) is 1.41. The normalized spacial score (nSPS) is 14.3. The van der Waals surface area contributed by atoms with Crippen LogP contribution in [0.1, 0.15) is 11.1 Å². The van der Waals surface area contributed by atoms with Crippen LogP contribution in [0.3, 0.4) is 0 Å². The molecule has 3 amide bonds. The SMILES string of the molecule is COc1ccc(NC(=O)CN2C(=O)S/C(=C\c3ccc(OS(=O)(=O)c4ccc(C)c([N+](=O)[O-])c4)cc3)C2=O)cc1Cl. The summed E-state index contributed by atoms with van der Waals surface area (Å²) in [5.74, 6) is -0.948. The maximum atomic E-state index is 12.8. The number of carbonyl (C=O) groups excluding carboxylic acids is 3. The molecule has 0 radical (unpaired) electrons. The largest absolute Gasteiger partial charge is 0.495 e. The van der Waals surface area contributed by atoms with Gasteiger partial charge in [0.1, 0.15) is 22.9 Å². The van der Waals surface area contributed by atoms with Crippen molar-refractivity contribution in [2.75, 3.05) is 19.0 Å². The van der Waals surface area contributed by atoms with Gasteiger partial charge in [0.05, 0.1) is 22.0 Å². The molecule has 3 aromatic carbocycles. The van der Waals surface area contributed by atoms with Gasteiger partial charge in [-0.25, -0.2) is 0 Å². The average Bonchev–Trinajstić information content (AvgIpc) is 3.16. The maximum Gasteiger partial charge on any atom is 0.339 e. The monoisotopic (exact) mass is 617 g/mol. The van der Waals surface area contributed by atoms with E-state index in [0.717, 1.165) is 11.0 Å². The van der Waals surface area contributed by atoms with E-state index in [2.05, 4.69) is 5.32 Å². The molecule has 0 aromatic heterocycles. The number of nitrogens with one attached hydrogen (secondary N) is 1. The van der Waals surface area contributed by atoms with Crippen LogP contribution >= 0.6 is 23.4 Å². The lowest BCUT2D eigenvalue weighted by Gasteiger charge is -2.13. The molecule has 1 fully saturated rings. The third kappa shape index (κ3) is 6.85. The Hall–Kier alpha value is -4.40. The molecule has 1 aliphatic rings. The van der Waals surface area contributed by atoms with Crippen LogP contribution in [0.15, 0.2) is 70.5 Å². The van der Waals surface area contributed by atoms with Gasteiger partial charge in [-0.15, -0.1) is 0 Å². The number of benzene rings is 3. The molecule has 0 unspecified atom stereocenters. The Morgan fingerprint density at radius 1 is 1.12 bits per heavy atom. The zero-order chi connectivity index (χ0) is 29.9. The number of hydrogen-bond acceptors (Lipinski definition) is 10. The van der Waals surface area contributed by atoms with Crippen molar-refractivity contribution < 1.29 is 36.6 Å². The van der Waals surface area contributed by atoms with Gasteiger partial charge in [-0.05, 0) is 66.7 Å². The van der Waals surface area contributed by atoms with Crippen molar-refractivity contribution in [1.29, 1.82) is 0 Å². The molecular weight excluding hydrogens is 598 g/mol. The van der Waals surface area contributed by atoms with Gasteiger partial charge in [0.25, 0.3) is 16.8 Å². The number of nitro benzene ring substituents is 1. The Labute approximate surface area is 243 Å². The molecule has 1 saturated heterocycles. The number of imide groups is 1. The highest BCUT2D eigenvalue weighted by Gasteiger charge is 2.36. The van der Waals surface area contributed by atoms with Gasteiger partial charge in [0.2, 0.25) is 5.91 Å². The molecular formula is C26H20ClN3O9S2. The minimum Gasteiger partial charge on any atom is -0.495 e. The average molecular weight is 618 g/mol. The number of carbonyl (C=O) groups is 3. The first-order valence-electron chi connectivity index (χ1n) is 11.6. The first-order valence-corrected chi connectivity index (χ1v) is 14.2. The molecule has 1 N–H and O–H groups in total. The number of amides is 3. The smallest absolute Gasteiger partial charge is 0.339 e. The molecule has 15 heteroatoms. The first kappa shape index (κ1) is 29.6. The summed E-state index contributed by atoms with van der Waals surface area (Å²) < 4.78 is 35.4. The van der Waals surface area contributed by atoms with E-state index in [1.54, 1.807) is 12.1 Å². The molecule has 0 spiro atoms. The van der Waals surface area contributed by atoms with Crippen LogP contribution in [0.5, 0.6) is 11.5 Å². The molecule has 212 valence electrons. The van der Waals surface area contributed by atoms with Crippen molar-refractivity contribution >= 4 is 68.0 Å². The quantitative estimate of drug-likeness (QED) is 0.149. The summed E-state index contributed by atoms with van der Waals surface area (Å²) >= 11 is 6.70. The second-order valence-electron chi connectivity index (χ2n) is 8.48. The lowest BCUT2D eigenvalue weighted by molar-refractivity contribution is -0.385. The minimum absolute atomic E-state index is 0.0588. The number of halogens is 1. The number of nitrogens with zero attached hydrogens (tertiary/aromatic N) is 2. The molecule has 0 atom stereocenters. The predicted molar refractivity (Wildman–Crippen MR) is 151 cm³/mol. The summed E-state index contributed by atoms with van der Waals surface area (Å²) in [5, 5.41) is 13.3. The van der Waals surface area contributed by atoms with E-state index in [0.29, 0.717) is 34.3 Å². The molecule has 1 heterocycles. The Bertz CT molecular complexity index is 1710. The number of nitro groups is 1. The van der Waals surface area contributed by atoms with Gasteiger partial charge in [0.15, 0.2) is 0 Å². The van der Waals surface area contributed by atoms with Crippen LogP contribution in [0.2, 0.25) is 5.02 Å². The molecule has 0 aliphatic carbocycles. The highest BCUT2D eigenvalue weighted by atomic mass is 35.5. The third-order valence-electron chi connectivity index (χ3n) is 5.66. The number of anilines is 1. The highest BCUT2D eigenvalue weighted by molar-refractivity contribution is 8.18. The molecule has 4 rings (SSSR count).